The molecule has 2 heterocycles. The number of nitrogens with one attached hydrogen (secondary N) is 1. The molecule has 1 unspecified atom stereocenters. The summed E-state index contributed by atoms with van der Waals surface area (Å²) in [7, 11) is 1.94. The van der Waals surface area contributed by atoms with Gasteiger partial charge in [0.15, 0.2) is 5.76 Å². The molecule has 0 bridgehead atoms. The highest BCUT2D eigenvalue weighted by Gasteiger charge is 2.27. The average molecular weight is 208 g/mol. The molecule has 1 saturated heterocycles. The van der Waals surface area contributed by atoms with E-state index in [4.69, 9.17) is 4.42 Å². The monoisotopic (exact) mass is 208 g/mol. The maximum atomic E-state index is 11.9. The van der Waals surface area contributed by atoms with Gasteiger partial charge in [-0.05, 0) is 38.1 Å². The lowest BCUT2D eigenvalue weighted by Crippen LogP contribution is -2.30. The first-order chi connectivity index (χ1) is 7.31. The van der Waals surface area contributed by atoms with E-state index in [2.05, 4.69) is 5.32 Å². The summed E-state index contributed by atoms with van der Waals surface area (Å²) in [4.78, 5) is 13.7. The second-order valence-corrected chi connectivity index (χ2v) is 3.94. The van der Waals surface area contributed by atoms with Gasteiger partial charge in [0.25, 0.3) is 5.91 Å². The highest BCUT2D eigenvalue weighted by atomic mass is 16.3. The third kappa shape index (κ3) is 2.21. The molecule has 4 nitrogen and oxygen atoms in total. The van der Waals surface area contributed by atoms with Crippen LogP contribution in [0.15, 0.2) is 22.8 Å². The molecule has 1 amide bonds. The normalized spacial score (nSPS) is 20.9. The van der Waals surface area contributed by atoms with Gasteiger partial charge in [0.2, 0.25) is 0 Å². The van der Waals surface area contributed by atoms with Crippen molar-refractivity contribution in [3.63, 3.8) is 0 Å². The number of likely N-dealkylation sites (tertiary alicyclic amines) is 1. The van der Waals surface area contributed by atoms with E-state index in [-0.39, 0.29) is 5.91 Å². The number of rotatable bonds is 3. The van der Waals surface area contributed by atoms with Crippen molar-refractivity contribution in [1.29, 1.82) is 0 Å². The molecule has 1 N–H and O–H groups in total. The van der Waals surface area contributed by atoms with E-state index in [1.807, 2.05) is 11.9 Å². The minimum absolute atomic E-state index is 0.0126. The van der Waals surface area contributed by atoms with E-state index in [9.17, 15) is 4.79 Å². The van der Waals surface area contributed by atoms with Gasteiger partial charge in [-0.3, -0.25) is 4.79 Å². The van der Waals surface area contributed by atoms with E-state index >= 15 is 0 Å². The van der Waals surface area contributed by atoms with Gasteiger partial charge in [-0.1, -0.05) is 0 Å². The third-order valence-electron chi connectivity index (χ3n) is 2.80. The lowest BCUT2D eigenvalue weighted by molar-refractivity contribution is 0.0755. The lowest BCUT2D eigenvalue weighted by atomic mass is 10.1. The quantitative estimate of drug-likeness (QED) is 0.804. The second-order valence-electron chi connectivity index (χ2n) is 3.94. The van der Waals surface area contributed by atoms with Crippen molar-refractivity contribution < 1.29 is 9.21 Å². The van der Waals surface area contributed by atoms with Crippen LogP contribution in [-0.4, -0.2) is 37.5 Å². The Morgan fingerprint density at radius 1 is 1.73 bits per heavy atom. The van der Waals surface area contributed by atoms with Crippen LogP contribution in [0.1, 0.15) is 17.0 Å². The van der Waals surface area contributed by atoms with Gasteiger partial charge < -0.3 is 14.6 Å². The van der Waals surface area contributed by atoms with Crippen LogP contribution in [0.4, 0.5) is 0 Å². The maximum Gasteiger partial charge on any atom is 0.289 e. The summed E-state index contributed by atoms with van der Waals surface area (Å²) in [6, 6.07) is 3.46. The molecule has 0 aromatic carbocycles. The number of amides is 1. The van der Waals surface area contributed by atoms with Crippen LogP contribution in [0.25, 0.3) is 0 Å². The molecule has 1 aliphatic rings. The van der Waals surface area contributed by atoms with Crippen molar-refractivity contribution in [2.75, 3.05) is 26.7 Å². The van der Waals surface area contributed by atoms with Gasteiger partial charge in [-0.25, -0.2) is 0 Å². The molecule has 0 radical (unpaired) electrons. The highest BCUT2D eigenvalue weighted by molar-refractivity contribution is 5.91. The summed E-state index contributed by atoms with van der Waals surface area (Å²) in [6.45, 7) is 2.65. The molecule has 1 aromatic heterocycles. The van der Waals surface area contributed by atoms with Crippen molar-refractivity contribution >= 4 is 5.91 Å². The van der Waals surface area contributed by atoms with Crippen LogP contribution in [0, 0.1) is 5.92 Å². The summed E-state index contributed by atoms with van der Waals surface area (Å²) < 4.78 is 5.10. The van der Waals surface area contributed by atoms with Crippen LogP contribution >= 0.6 is 0 Å². The average Bonchev–Trinajstić information content (AvgIpc) is 2.87. The molecule has 0 spiro atoms. The van der Waals surface area contributed by atoms with Crippen LogP contribution in [0.2, 0.25) is 0 Å². The minimum atomic E-state index is 0.0126. The summed E-state index contributed by atoms with van der Waals surface area (Å²) in [5.74, 6) is 1.03. The summed E-state index contributed by atoms with van der Waals surface area (Å²) in [5.41, 5.74) is 0. The Bertz CT molecular complexity index is 321. The number of hydrogen-bond donors (Lipinski definition) is 1. The smallest absolute Gasteiger partial charge is 0.289 e. The minimum Gasteiger partial charge on any atom is -0.459 e. The van der Waals surface area contributed by atoms with Crippen molar-refractivity contribution in [3.8, 4) is 0 Å². The van der Waals surface area contributed by atoms with Crippen LogP contribution in [0.3, 0.4) is 0 Å². The molecule has 1 aromatic rings. The molecule has 82 valence electrons. The van der Waals surface area contributed by atoms with Crippen molar-refractivity contribution in [3.05, 3.63) is 24.2 Å². The van der Waals surface area contributed by atoms with Gasteiger partial charge in [0, 0.05) is 13.1 Å². The zero-order valence-corrected chi connectivity index (χ0v) is 8.90. The van der Waals surface area contributed by atoms with E-state index in [1.54, 1.807) is 12.1 Å². The molecular weight excluding hydrogens is 192 g/mol. The third-order valence-corrected chi connectivity index (χ3v) is 2.80. The zero-order valence-electron chi connectivity index (χ0n) is 8.90. The van der Waals surface area contributed by atoms with Gasteiger partial charge in [-0.2, -0.15) is 0 Å². The summed E-state index contributed by atoms with van der Waals surface area (Å²) >= 11 is 0. The first kappa shape index (κ1) is 10.2. The summed E-state index contributed by atoms with van der Waals surface area (Å²) in [6.07, 6.45) is 2.61. The molecule has 2 rings (SSSR count). The van der Waals surface area contributed by atoms with E-state index in [0.717, 1.165) is 26.1 Å². The summed E-state index contributed by atoms with van der Waals surface area (Å²) in [5, 5.41) is 3.14. The van der Waals surface area contributed by atoms with Gasteiger partial charge in [0.1, 0.15) is 0 Å². The molecule has 15 heavy (non-hydrogen) atoms. The SMILES string of the molecule is CNCC1CCN(C(=O)c2ccco2)C1. The molecule has 0 saturated carbocycles. The van der Waals surface area contributed by atoms with E-state index in [0.29, 0.717) is 11.7 Å². The zero-order chi connectivity index (χ0) is 10.7. The standard InChI is InChI=1S/C11H16N2O2/c1-12-7-9-4-5-13(8-9)11(14)10-3-2-6-15-10/h2-3,6,9,12H,4-5,7-8H2,1H3. The van der Waals surface area contributed by atoms with E-state index in [1.165, 1.54) is 6.26 Å². The molecule has 1 fully saturated rings. The van der Waals surface area contributed by atoms with Crippen molar-refractivity contribution in [1.82, 2.24) is 10.2 Å². The number of hydrogen-bond acceptors (Lipinski definition) is 3. The predicted molar refractivity (Wildman–Crippen MR) is 56.6 cm³/mol. The maximum absolute atomic E-state index is 11.9. The van der Waals surface area contributed by atoms with Crippen LogP contribution < -0.4 is 5.32 Å². The molecule has 1 aliphatic heterocycles. The number of carbonyl (C=O) groups is 1. The fraction of sp³-hybridized carbons (Fsp3) is 0.545. The Kier molecular flexibility index (Phi) is 3.06. The number of nitrogens with zero attached hydrogens (tertiary/aromatic N) is 1. The first-order valence-corrected chi connectivity index (χ1v) is 5.28. The predicted octanol–water partition coefficient (Wildman–Crippen LogP) is 0.961. The van der Waals surface area contributed by atoms with Crippen LogP contribution in [-0.2, 0) is 0 Å². The Labute approximate surface area is 89.2 Å². The number of carbonyl (C=O) groups excluding carboxylic acids is 1. The lowest BCUT2D eigenvalue weighted by Gasteiger charge is -2.14. The number of furan rings is 1. The first-order valence-electron chi connectivity index (χ1n) is 5.28. The molecular formula is C11H16N2O2. The van der Waals surface area contributed by atoms with Crippen molar-refractivity contribution in [2.45, 2.75) is 6.42 Å². The Morgan fingerprint density at radius 3 is 3.27 bits per heavy atom. The highest BCUT2D eigenvalue weighted by Crippen LogP contribution is 2.18. The topological polar surface area (TPSA) is 45.5 Å². The van der Waals surface area contributed by atoms with Crippen LogP contribution in [0.5, 0.6) is 0 Å². The molecule has 1 atom stereocenters. The fourth-order valence-corrected chi connectivity index (χ4v) is 2.03. The van der Waals surface area contributed by atoms with Crippen molar-refractivity contribution in [2.24, 2.45) is 5.92 Å². The van der Waals surface area contributed by atoms with Gasteiger partial charge in [-0.15, -0.1) is 0 Å². The Hall–Kier alpha value is -1.29. The van der Waals surface area contributed by atoms with Gasteiger partial charge in [0.05, 0.1) is 6.26 Å². The second kappa shape index (κ2) is 4.49. The Balaban J connectivity index is 1.93. The fourth-order valence-electron chi connectivity index (χ4n) is 2.03. The van der Waals surface area contributed by atoms with E-state index < -0.39 is 0 Å². The molecule has 4 heteroatoms. The molecule has 0 aliphatic carbocycles. The largest absolute Gasteiger partial charge is 0.459 e. The van der Waals surface area contributed by atoms with Gasteiger partial charge >= 0.3 is 0 Å². The Morgan fingerprint density at radius 2 is 2.60 bits per heavy atom.